The number of amides is 1. The van der Waals surface area contributed by atoms with E-state index in [2.05, 4.69) is 31.0 Å². The van der Waals surface area contributed by atoms with Crippen LogP contribution < -0.4 is 5.32 Å². The van der Waals surface area contributed by atoms with Crippen LogP contribution >= 0.6 is 0 Å². The Labute approximate surface area is 112 Å². The third-order valence-electron chi connectivity index (χ3n) is 3.51. The Hall–Kier alpha value is -0.610. The van der Waals surface area contributed by atoms with Gasteiger partial charge >= 0.3 is 0 Å². The number of carbonyl (C=O) groups is 1. The van der Waals surface area contributed by atoms with E-state index in [4.69, 9.17) is 0 Å². The number of carbonyl (C=O) groups excluding carboxylic acids is 1. The van der Waals surface area contributed by atoms with E-state index in [0.717, 1.165) is 45.2 Å². The molecule has 4 nitrogen and oxygen atoms in total. The second-order valence-corrected chi connectivity index (χ2v) is 5.51. The second-order valence-electron chi connectivity index (χ2n) is 5.51. The van der Waals surface area contributed by atoms with Crippen molar-refractivity contribution in [1.29, 1.82) is 0 Å². The summed E-state index contributed by atoms with van der Waals surface area (Å²) in [5.74, 6) is 1.07. The highest BCUT2D eigenvalue weighted by Gasteiger charge is 2.20. The minimum absolute atomic E-state index is 0.305. The van der Waals surface area contributed by atoms with Crippen LogP contribution in [0.4, 0.5) is 0 Å². The van der Waals surface area contributed by atoms with Gasteiger partial charge in [0.1, 0.15) is 0 Å². The molecule has 1 heterocycles. The molecule has 18 heavy (non-hydrogen) atoms. The van der Waals surface area contributed by atoms with E-state index < -0.39 is 0 Å². The topological polar surface area (TPSA) is 35.6 Å². The van der Waals surface area contributed by atoms with Gasteiger partial charge in [0.25, 0.3) is 0 Å². The van der Waals surface area contributed by atoms with Gasteiger partial charge in [-0.3, -0.25) is 9.69 Å². The highest BCUT2D eigenvalue weighted by Crippen LogP contribution is 2.07. The molecule has 0 aromatic heterocycles. The molecule has 0 radical (unpaired) electrons. The summed E-state index contributed by atoms with van der Waals surface area (Å²) >= 11 is 0. The SMILES string of the molecule is CCNCCC(=O)N1CCN(CCC(C)C)CC1. The van der Waals surface area contributed by atoms with Gasteiger partial charge in [0.05, 0.1) is 0 Å². The lowest BCUT2D eigenvalue weighted by molar-refractivity contribution is -0.132. The summed E-state index contributed by atoms with van der Waals surface area (Å²) in [4.78, 5) is 16.4. The van der Waals surface area contributed by atoms with Gasteiger partial charge in [-0.05, 0) is 25.4 Å². The largest absolute Gasteiger partial charge is 0.340 e. The number of hydrogen-bond donors (Lipinski definition) is 1. The molecule has 0 spiro atoms. The van der Waals surface area contributed by atoms with Gasteiger partial charge in [-0.1, -0.05) is 20.8 Å². The highest BCUT2D eigenvalue weighted by atomic mass is 16.2. The van der Waals surface area contributed by atoms with Crippen molar-refractivity contribution in [3.63, 3.8) is 0 Å². The average Bonchev–Trinajstić information content (AvgIpc) is 2.37. The molecule has 1 aliphatic heterocycles. The maximum absolute atomic E-state index is 11.9. The Morgan fingerprint density at radius 3 is 2.44 bits per heavy atom. The van der Waals surface area contributed by atoms with Crippen molar-refractivity contribution in [2.45, 2.75) is 33.6 Å². The van der Waals surface area contributed by atoms with Crippen molar-refractivity contribution in [1.82, 2.24) is 15.1 Å². The Bertz CT molecular complexity index is 235. The molecule has 1 saturated heterocycles. The van der Waals surface area contributed by atoms with E-state index in [1.807, 2.05) is 4.90 Å². The summed E-state index contributed by atoms with van der Waals surface area (Å²) in [5, 5.41) is 3.20. The van der Waals surface area contributed by atoms with E-state index >= 15 is 0 Å². The van der Waals surface area contributed by atoms with Crippen molar-refractivity contribution < 1.29 is 4.79 Å². The molecule has 4 heteroatoms. The Morgan fingerprint density at radius 2 is 1.89 bits per heavy atom. The molecule has 1 aliphatic rings. The van der Waals surface area contributed by atoms with Crippen molar-refractivity contribution in [3.8, 4) is 0 Å². The molecule has 106 valence electrons. The summed E-state index contributed by atoms with van der Waals surface area (Å²) in [6.45, 7) is 13.4. The Morgan fingerprint density at radius 1 is 1.22 bits per heavy atom. The monoisotopic (exact) mass is 255 g/mol. The van der Waals surface area contributed by atoms with E-state index in [9.17, 15) is 4.79 Å². The van der Waals surface area contributed by atoms with Gasteiger partial charge in [-0.15, -0.1) is 0 Å². The summed E-state index contributed by atoms with van der Waals surface area (Å²) in [5.41, 5.74) is 0. The summed E-state index contributed by atoms with van der Waals surface area (Å²) < 4.78 is 0. The van der Waals surface area contributed by atoms with E-state index in [1.54, 1.807) is 0 Å². The molecule has 0 bridgehead atoms. The first kappa shape index (κ1) is 15.4. The van der Waals surface area contributed by atoms with E-state index in [-0.39, 0.29) is 0 Å². The van der Waals surface area contributed by atoms with Crippen LogP contribution in [0.3, 0.4) is 0 Å². The smallest absolute Gasteiger partial charge is 0.223 e. The molecule has 0 atom stereocenters. The standard InChI is InChI=1S/C14H29N3O/c1-4-15-7-5-14(18)17-11-9-16(10-12-17)8-6-13(2)3/h13,15H,4-12H2,1-3H3. The summed E-state index contributed by atoms with van der Waals surface area (Å²) in [7, 11) is 0. The maximum Gasteiger partial charge on any atom is 0.223 e. The van der Waals surface area contributed by atoms with Crippen LogP contribution in [0.15, 0.2) is 0 Å². The lowest BCUT2D eigenvalue weighted by Gasteiger charge is -2.35. The third kappa shape index (κ3) is 5.83. The van der Waals surface area contributed by atoms with E-state index in [0.29, 0.717) is 12.3 Å². The minimum Gasteiger partial charge on any atom is -0.340 e. The van der Waals surface area contributed by atoms with Crippen LogP contribution in [0.5, 0.6) is 0 Å². The van der Waals surface area contributed by atoms with Crippen LogP contribution in [0.2, 0.25) is 0 Å². The van der Waals surface area contributed by atoms with Crippen LogP contribution in [-0.4, -0.2) is 61.5 Å². The minimum atomic E-state index is 0.305. The molecule has 0 aromatic rings. The van der Waals surface area contributed by atoms with Gasteiger partial charge in [0.15, 0.2) is 0 Å². The summed E-state index contributed by atoms with van der Waals surface area (Å²) in [6, 6.07) is 0. The van der Waals surface area contributed by atoms with Crippen molar-refractivity contribution in [3.05, 3.63) is 0 Å². The van der Waals surface area contributed by atoms with Gasteiger partial charge in [-0.2, -0.15) is 0 Å². The van der Waals surface area contributed by atoms with Crippen molar-refractivity contribution in [2.75, 3.05) is 45.8 Å². The average molecular weight is 255 g/mol. The number of rotatable bonds is 7. The zero-order chi connectivity index (χ0) is 13.4. The van der Waals surface area contributed by atoms with Crippen molar-refractivity contribution in [2.24, 2.45) is 5.92 Å². The second kappa shape index (κ2) is 8.48. The Kier molecular flexibility index (Phi) is 7.28. The first-order valence-corrected chi connectivity index (χ1v) is 7.34. The zero-order valence-electron chi connectivity index (χ0n) is 12.2. The van der Waals surface area contributed by atoms with Gasteiger partial charge in [0, 0.05) is 39.1 Å². The normalized spacial score (nSPS) is 17.4. The number of nitrogens with zero attached hydrogens (tertiary/aromatic N) is 2. The van der Waals surface area contributed by atoms with Crippen LogP contribution in [0, 0.1) is 5.92 Å². The van der Waals surface area contributed by atoms with Crippen LogP contribution in [-0.2, 0) is 4.79 Å². The molecule has 0 unspecified atom stereocenters. The molecule has 0 saturated carbocycles. The highest BCUT2D eigenvalue weighted by molar-refractivity contribution is 5.76. The molecule has 1 fully saturated rings. The number of hydrogen-bond acceptors (Lipinski definition) is 3. The number of piperazine rings is 1. The predicted octanol–water partition coefficient (Wildman–Crippen LogP) is 1.18. The fourth-order valence-corrected chi connectivity index (χ4v) is 2.19. The third-order valence-corrected chi connectivity index (χ3v) is 3.51. The fraction of sp³-hybridized carbons (Fsp3) is 0.929. The molecule has 0 aliphatic carbocycles. The maximum atomic E-state index is 11.9. The molecular formula is C14H29N3O. The molecule has 1 amide bonds. The zero-order valence-corrected chi connectivity index (χ0v) is 12.2. The predicted molar refractivity (Wildman–Crippen MR) is 75.6 cm³/mol. The lowest BCUT2D eigenvalue weighted by Crippen LogP contribution is -2.49. The number of nitrogens with one attached hydrogen (secondary N) is 1. The van der Waals surface area contributed by atoms with Crippen LogP contribution in [0.1, 0.15) is 33.6 Å². The quantitative estimate of drug-likeness (QED) is 0.694. The van der Waals surface area contributed by atoms with Gasteiger partial charge in [0.2, 0.25) is 5.91 Å². The molecular weight excluding hydrogens is 226 g/mol. The molecule has 0 aromatic carbocycles. The van der Waals surface area contributed by atoms with Gasteiger partial charge < -0.3 is 10.2 Å². The summed E-state index contributed by atoms with van der Waals surface area (Å²) in [6.07, 6.45) is 1.90. The fourth-order valence-electron chi connectivity index (χ4n) is 2.19. The van der Waals surface area contributed by atoms with Gasteiger partial charge in [-0.25, -0.2) is 0 Å². The first-order chi connectivity index (χ1) is 8.63. The first-order valence-electron chi connectivity index (χ1n) is 7.34. The van der Waals surface area contributed by atoms with E-state index in [1.165, 1.54) is 13.0 Å². The Balaban J connectivity index is 2.16. The molecule has 1 rings (SSSR count). The lowest BCUT2D eigenvalue weighted by atomic mass is 10.1. The molecule has 1 N–H and O–H groups in total. The van der Waals surface area contributed by atoms with Crippen LogP contribution in [0.25, 0.3) is 0 Å². The van der Waals surface area contributed by atoms with Crippen molar-refractivity contribution >= 4 is 5.91 Å².